The van der Waals surface area contributed by atoms with Crippen molar-refractivity contribution in [3.63, 3.8) is 0 Å². The number of benzene rings is 3. The lowest BCUT2D eigenvalue weighted by molar-refractivity contribution is 0.0422. The van der Waals surface area contributed by atoms with E-state index in [1.54, 1.807) is 0 Å². The number of hydrogen-bond acceptors (Lipinski definition) is 3. The van der Waals surface area contributed by atoms with E-state index in [1.807, 2.05) is 0 Å². The first-order valence-corrected chi connectivity index (χ1v) is 17.8. The fourth-order valence-corrected chi connectivity index (χ4v) is 8.00. The Morgan fingerprint density at radius 3 is 2.35 bits per heavy atom. The van der Waals surface area contributed by atoms with Crippen molar-refractivity contribution < 1.29 is 11.6 Å². The van der Waals surface area contributed by atoms with Gasteiger partial charge >= 0.3 is 0 Å². The Kier molecular flexibility index (Phi) is 12.4. The standard InChI is InChI=1S/C42H54N2O.H2O.H2/c1-31-27-41(40(32(2)35-13-8-5-9-14-35)29-37(31)21-16-33-11-6-4-7-12-33)42(30-44(3)39-22-25-45-26-23-39)36-19-17-34(18-20-36)28-38-15-10-24-43-38;;/h4,6-7,11-12,17-20,27,29,35,39,42H,2,5,8-10,13-16,21-26,28,30H2,1,3H3;1H2;1H. The van der Waals surface area contributed by atoms with Gasteiger partial charge in [0.1, 0.15) is 0 Å². The molecule has 0 radical (unpaired) electrons. The van der Waals surface area contributed by atoms with Crippen LogP contribution < -0.4 is 0 Å². The largest absolute Gasteiger partial charge is 0.412 e. The molecule has 1 saturated carbocycles. The van der Waals surface area contributed by atoms with Crippen molar-refractivity contribution in [1.82, 2.24) is 4.90 Å². The molecule has 0 bridgehead atoms. The number of aliphatic imine (C=N–C) groups is 1. The molecule has 0 amide bonds. The minimum absolute atomic E-state index is 0. The van der Waals surface area contributed by atoms with Gasteiger partial charge in [0.15, 0.2) is 0 Å². The van der Waals surface area contributed by atoms with Gasteiger partial charge in [-0.1, -0.05) is 92.6 Å². The quantitative estimate of drug-likeness (QED) is 0.203. The molecule has 1 aliphatic carbocycles. The number of nitrogens with zero attached hydrogens (tertiary/aromatic N) is 2. The number of allylic oxidation sites excluding steroid dienone is 1. The highest BCUT2D eigenvalue weighted by molar-refractivity contribution is 5.87. The molecule has 4 heteroatoms. The van der Waals surface area contributed by atoms with E-state index in [9.17, 15) is 0 Å². The first-order chi connectivity index (χ1) is 22.0. The van der Waals surface area contributed by atoms with Crippen LogP contribution in [0.5, 0.6) is 0 Å². The van der Waals surface area contributed by atoms with Gasteiger partial charge in [-0.05, 0) is 116 Å². The molecule has 3 aliphatic rings. The van der Waals surface area contributed by atoms with Crippen LogP contribution in [0.15, 0.2) is 78.3 Å². The summed E-state index contributed by atoms with van der Waals surface area (Å²) in [6.45, 7) is 11.0. The Bertz CT molecular complexity index is 1440. The maximum absolute atomic E-state index is 5.75. The Balaban J connectivity index is 0.00000250. The van der Waals surface area contributed by atoms with Gasteiger partial charge in [-0.3, -0.25) is 4.99 Å². The second-order valence-corrected chi connectivity index (χ2v) is 14.0. The number of likely N-dealkylation sites (N-methyl/N-ethyl adjacent to an activating group) is 1. The second kappa shape index (κ2) is 16.7. The zero-order chi connectivity index (χ0) is 31.0. The first kappa shape index (κ1) is 34.3. The van der Waals surface area contributed by atoms with Crippen molar-refractivity contribution in [2.24, 2.45) is 10.9 Å². The predicted octanol–water partition coefficient (Wildman–Crippen LogP) is 8.82. The first-order valence-electron chi connectivity index (χ1n) is 17.8. The Morgan fingerprint density at radius 2 is 1.65 bits per heavy atom. The van der Waals surface area contributed by atoms with E-state index in [-0.39, 0.29) is 12.8 Å². The molecular formula is C42H58N2O2. The third-order valence-corrected chi connectivity index (χ3v) is 10.9. The van der Waals surface area contributed by atoms with Gasteiger partial charge < -0.3 is 15.1 Å². The zero-order valence-corrected chi connectivity index (χ0v) is 28.4. The van der Waals surface area contributed by atoms with Crippen LogP contribution in [0.3, 0.4) is 0 Å². The van der Waals surface area contributed by atoms with E-state index in [1.165, 1.54) is 88.8 Å². The molecule has 4 nitrogen and oxygen atoms in total. The molecule has 2 N–H and O–H groups in total. The molecule has 3 aromatic rings. The molecule has 46 heavy (non-hydrogen) atoms. The molecule has 1 saturated heterocycles. The van der Waals surface area contributed by atoms with Crippen LogP contribution in [0.4, 0.5) is 0 Å². The van der Waals surface area contributed by atoms with E-state index in [0.29, 0.717) is 12.0 Å². The molecule has 2 heterocycles. The molecule has 1 unspecified atom stereocenters. The van der Waals surface area contributed by atoms with Crippen LogP contribution >= 0.6 is 0 Å². The summed E-state index contributed by atoms with van der Waals surface area (Å²) >= 11 is 0. The highest BCUT2D eigenvalue weighted by atomic mass is 16.5. The van der Waals surface area contributed by atoms with Crippen molar-refractivity contribution >= 4 is 11.3 Å². The molecule has 2 aliphatic heterocycles. The molecule has 0 aromatic heterocycles. The summed E-state index contributed by atoms with van der Waals surface area (Å²) in [5.74, 6) is 0.874. The minimum atomic E-state index is 0. The van der Waals surface area contributed by atoms with Crippen LogP contribution in [0.2, 0.25) is 0 Å². The molecule has 6 rings (SSSR count). The van der Waals surface area contributed by atoms with Crippen LogP contribution in [-0.4, -0.2) is 55.5 Å². The third-order valence-electron chi connectivity index (χ3n) is 10.9. The van der Waals surface area contributed by atoms with Gasteiger partial charge in [0, 0.05) is 51.8 Å². The van der Waals surface area contributed by atoms with E-state index >= 15 is 0 Å². The third kappa shape index (κ3) is 8.64. The summed E-state index contributed by atoms with van der Waals surface area (Å²) in [7, 11) is 2.34. The molecule has 3 aromatic carbocycles. The van der Waals surface area contributed by atoms with Gasteiger partial charge in [0.2, 0.25) is 0 Å². The Labute approximate surface area is 279 Å². The van der Waals surface area contributed by atoms with Crippen LogP contribution in [0, 0.1) is 12.8 Å². The average Bonchev–Trinajstić information content (AvgIpc) is 3.61. The SMILES string of the molecule is C=C(c1cc(CCc2ccccc2)c(C)cc1C(CN(C)C1CCOCC1)c1ccc(CC2=NCCC2)cc1)C1CCCCC1.O.[HH]. The van der Waals surface area contributed by atoms with E-state index in [0.717, 1.165) is 64.8 Å². The predicted molar refractivity (Wildman–Crippen MR) is 196 cm³/mol. The van der Waals surface area contributed by atoms with Gasteiger partial charge in [0.25, 0.3) is 0 Å². The van der Waals surface area contributed by atoms with Gasteiger partial charge in [-0.15, -0.1) is 0 Å². The van der Waals surface area contributed by atoms with Crippen LogP contribution in [-0.2, 0) is 24.0 Å². The highest BCUT2D eigenvalue weighted by Gasteiger charge is 2.28. The van der Waals surface area contributed by atoms with Crippen molar-refractivity contribution in [3.8, 4) is 0 Å². The molecule has 2 fully saturated rings. The molecule has 1 atom stereocenters. The van der Waals surface area contributed by atoms with E-state index < -0.39 is 0 Å². The van der Waals surface area contributed by atoms with Crippen molar-refractivity contribution in [3.05, 3.63) is 112 Å². The summed E-state index contributed by atoms with van der Waals surface area (Å²) in [6, 6.07) is 26.2. The summed E-state index contributed by atoms with van der Waals surface area (Å²) in [6.07, 6.45) is 14.3. The summed E-state index contributed by atoms with van der Waals surface area (Å²) in [4.78, 5) is 7.37. The van der Waals surface area contributed by atoms with E-state index in [2.05, 4.69) is 85.6 Å². The van der Waals surface area contributed by atoms with Crippen molar-refractivity contribution in [1.29, 1.82) is 0 Å². The Hall–Kier alpha value is -3.05. The monoisotopic (exact) mass is 622 g/mol. The molecule has 248 valence electrons. The topological polar surface area (TPSA) is 56.3 Å². The maximum Gasteiger partial charge on any atom is 0.0480 e. The molecule has 0 spiro atoms. The smallest absolute Gasteiger partial charge is 0.0480 e. The van der Waals surface area contributed by atoms with Gasteiger partial charge in [-0.25, -0.2) is 0 Å². The van der Waals surface area contributed by atoms with E-state index in [4.69, 9.17) is 16.3 Å². The van der Waals surface area contributed by atoms with Gasteiger partial charge in [0.05, 0.1) is 0 Å². The lowest BCUT2D eigenvalue weighted by Crippen LogP contribution is -2.39. The normalized spacial score (nSPS) is 18.3. The summed E-state index contributed by atoms with van der Waals surface area (Å²) in [5.41, 5.74) is 12.7. The van der Waals surface area contributed by atoms with Crippen LogP contribution in [0.25, 0.3) is 5.57 Å². The van der Waals surface area contributed by atoms with Crippen molar-refractivity contribution in [2.45, 2.75) is 95.9 Å². The van der Waals surface area contributed by atoms with Gasteiger partial charge in [-0.2, -0.15) is 0 Å². The minimum Gasteiger partial charge on any atom is -0.412 e. The maximum atomic E-state index is 5.75. The van der Waals surface area contributed by atoms with Crippen molar-refractivity contribution in [2.75, 3.05) is 33.4 Å². The zero-order valence-electron chi connectivity index (χ0n) is 28.4. The lowest BCUT2D eigenvalue weighted by atomic mass is 9.76. The molecular weight excluding hydrogens is 564 g/mol. The average molecular weight is 623 g/mol. The Morgan fingerprint density at radius 1 is 0.913 bits per heavy atom. The number of hydrogen-bond donors (Lipinski definition) is 0. The van der Waals surface area contributed by atoms with Crippen LogP contribution in [0.1, 0.15) is 104 Å². The highest BCUT2D eigenvalue weighted by Crippen LogP contribution is 2.41. The summed E-state index contributed by atoms with van der Waals surface area (Å²) < 4.78 is 5.75. The second-order valence-electron chi connectivity index (χ2n) is 14.0. The summed E-state index contributed by atoms with van der Waals surface area (Å²) in [5, 5.41) is 0. The number of aryl methyl sites for hydroxylation is 3. The number of ether oxygens (including phenoxy) is 1. The fourth-order valence-electron chi connectivity index (χ4n) is 8.00. The fraction of sp³-hybridized carbons (Fsp3) is 0.500. The lowest BCUT2D eigenvalue weighted by Gasteiger charge is -2.35. The number of rotatable bonds is 12.